The fourth-order valence-electron chi connectivity index (χ4n) is 3.19. The molecule has 2 saturated heterocycles. The van der Waals surface area contributed by atoms with Gasteiger partial charge < -0.3 is 14.5 Å². The molecule has 2 fully saturated rings. The second kappa shape index (κ2) is 7.67. The lowest BCUT2D eigenvalue weighted by atomic mass is 9.92. The zero-order valence-corrected chi connectivity index (χ0v) is 14.8. The monoisotopic (exact) mass is 309 g/mol. The molecular formula is C18H33N2O2. The molecule has 0 unspecified atom stereocenters. The fourth-order valence-corrected chi connectivity index (χ4v) is 3.19. The van der Waals surface area contributed by atoms with Crippen molar-refractivity contribution in [2.45, 2.75) is 59.0 Å². The summed E-state index contributed by atoms with van der Waals surface area (Å²) in [5, 5.41) is 0. The summed E-state index contributed by atoms with van der Waals surface area (Å²) in [5.74, 6) is 1.55. The number of ether oxygens (including phenoxy) is 1. The zero-order valence-electron chi connectivity index (χ0n) is 14.8. The predicted octanol–water partition coefficient (Wildman–Crippen LogP) is 3.57. The highest BCUT2D eigenvalue weighted by molar-refractivity contribution is 5.68. The molecule has 4 heteroatoms. The normalized spacial score (nSPS) is 22.8. The van der Waals surface area contributed by atoms with Crippen molar-refractivity contribution in [1.82, 2.24) is 9.80 Å². The molecule has 1 amide bonds. The second-order valence-corrected chi connectivity index (χ2v) is 8.02. The lowest BCUT2D eigenvalue weighted by molar-refractivity contribution is 0.0191. The van der Waals surface area contributed by atoms with Crippen molar-refractivity contribution >= 4 is 6.09 Å². The maximum Gasteiger partial charge on any atom is 0.410 e. The van der Waals surface area contributed by atoms with E-state index in [0.29, 0.717) is 5.92 Å². The molecule has 4 nitrogen and oxygen atoms in total. The Morgan fingerprint density at radius 1 is 1.09 bits per heavy atom. The number of amides is 1. The van der Waals surface area contributed by atoms with Crippen LogP contribution < -0.4 is 0 Å². The maximum atomic E-state index is 12.0. The van der Waals surface area contributed by atoms with Crippen LogP contribution in [0, 0.1) is 18.3 Å². The molecule has 0 saturated carbocycles. The number of carbonyl (C=O) groups is 1. The van der Waals surface area contributed by atoms with Crippen molar-refractivity contribution in [3.63, 3.8) is 0 Å². The lowest BCUT2D eigenvalue weighted by Crippen LogP contribution is -2.42. The Morgan fingerprint density at radius 3 is 2.23 bits per heavy atom. The van der Waals surface area contributed by atoms with Crippen LogP contribution in [0.25, 0.3) is 0 Å². The van der Waals surface area contributed by atoms with Gasteiger partial charge in [-0.05, 0) is 77.8 Å². The summed E-state index contributed by atoms with van der Waals surface area (Å²) in [6.07, 6.45) is 7.14. The van der Waals surface area contributed by atoms with Gasteiger partial charge in [-0.2, -0.15) is 0 Å². The maximum absolute atomic E-state index is 12.0. The molecule has 0 aliphatic carbocycles. The first-order chi connectivity index (χ1) is 10.3. The summed E-state index contributed by atoms with van der Waals surface area (Å²) in [6, 6.07) is 0. The molecule has 0 aromatic heterocycles. The van der Waals surface area contributed by atoms with E-state index in [4.69, 9.17) is 4.74 Å². The van der Waals surface area contributed by atoms with Crippen LogP contribution in [-0.2, 0) is 4.74 Å². The topological polar surface area (TPSA) is 32.8 Å². The Hall–Kier alpha value is -0.770. The number of hydrogen-bond donors (Lipinski definition) is 0. The summed E-state index contributed by atoms with van der Waals surface area (Å²) >= 11 is 0. The van der Waals surface area contributed by atoms with Crippen LogP contribution in [0.2, 0.25) is 0 Å². The van der Waals surface area contributed by atoms with Crippen molar-refractivity contribution in [2.75, 3.05) is 32.7 Å². The molecule has 0 bridgehead atoms. The minimum Gasteiger partial charge on any atom is -0.444 e. The van der Waals surface area contributed by atoms with Crippen LogP contribution in [0.5, 0.6) is 0 Å². The highest BCUT2D eigenvalue weighted by atomic mass is 16.6. The van der Waals surface area contributed by atoms with Crippen LogP contribution in [0.4, 0.5) is 4.79 Å². The molecule has 127 valence electrons. The van der Waals surface area contributed by atoms with Gasteiger partial charge in [0.1, 0.15) is 5.60 Å². The van der Waals surface area contributed by atoms with Crippen molar-refractivity contribution in [2.24, 2.45) is 11.8 Å². The molecule has 0 atom stereocenters. The van der Waals surface area contributed by atoms with E-state index in [0.717, 1.165) is 38.4 Å². The Labute approximate surface area is 136 Å². The first-order valence-electron chi connectivity index (χ1n) is 8.87. The summed E-state index contributed by atoms with van der Waals surface area (Å²) in [5.41, 5.74) is -0.397. The first-order valence-corrected chi connectivity index (χ1v) is 8.87. The average Bonchev–Trinajstić information content (AvgIpc) is 2.45. The number of hydrogen-bond acceptors (Lipinski definition) is 3. The highest BCUT2D eigenvalue weighted by Crippen LogP contribution is 2.23. The molecule has 0 aromatic carbocycles. The van der Waals surface area contributed by atoms with Crippen molar-refractivity contribution in [1.29, 1.82) is 0 Å². The summed E-state index contributed by atoms with van der Waals surface area (Å²) in [7, 11) is 0. The van der Waals surface area contributed by atoms with Gasteiger partial charge in [-0.25, -0.2) is 4.79 Å². The van der Waals surface area contributed by atoms with E-state index in [1.165, 1.54) is 25.9 Å². The Bertz CT molecular complexity index is 349. The smallest absolute Gasteiger partial charge is 0.410 e. The van der Waals surface area contributed by atoms with E-state index >= 15 is 0 Å². The second-order valence-electron chi connectivity index (χ2n) is 8.02. The standard InChI is InChI=1S/C18H33N2O2/c1-15-5-10-19(11-6-15)12-7-16-8-13-20(14-9-16)17(21)22-18(2,3)4/h7,15-16H,5-6,8-14H2,1-4H3. The summed E-state index contributed by atoms with van der Waals surface area (Å²) < 4.78 is 5.45. The van der Waals surface area contributed by atoms with Crippen LogP contribution >= 0.6 is 0 Å². The van der Waals surface area contributed by atoms with Gasteiger partial charge in [0.2, 0.25) is 0 Å². The van der Waals surface area contributed by atoms with E-state index in [9.17, 15) is 4.79 Å². The molecule has 2 aliphatic heterocycles. The van der Waals surface area contributed by atoms with E-state index in [-0.39, 0.29) is 6.09 Å². The third kappa shape index (κ3) is 5.79. The Kier molecular flexibility index (Phi) is 6.13. The van der Waals surface area contributed by atoms with Crippen molar-refractivity contribution in [3.8, 4) is 0 Å². The molecule has 0 spiro atoms. The van der Waals surface area contributed by atoms with E-state index in [1.807, 2.05) is 25.7 Å². The van der Waals surface area contributed by atoms with Gasteiger partial charge >= 0.3 is 6.09 Å². The predicted molar refractivity (Wildman–Crippen MR) is 89.7 cm³/mol. The fraction of sp³-hybridized carbons (Fsp3) is 0.889. The Balaban J connectivity index is 1.64. The van der Waals surface area contributed by atoms with Gasteiger partial charge in [-0.15, -0.1) is 0 Å². The molecule has 2 aliphatic rings. The molecule has 0 aromatic rings. The first kappa shape index (κ1) is 17.6. The number of piperidine rings is 2. The van der Waals surface area contributed by atoms with Crippen LogP contribution in [-0.4, -0.2) is 54.2 Å². The van der Waals surface area contributed by atoms with Gasteiger partial charge in [0.15, 0.2) is 0 Å². The van der Waals surface area contributed by atoms with Gasteiger partial charge in [-0.1, -0.05) is 6.92 Å². The summed E-state index contributed by atoms with van der Waals surface area (Å²) in [6.45, 7) is 13.4. The quantitative estimate of drug-likeness (QED) is 0.799. The van der Waals surface area contributed by atoms with Crippen LogP contribution in [0.1, 0.15) is 53.4 Å². The minimum atomic E-state index is -0.397. The van der Waals surface area contributed by atoms with Gasteiger partial charge in [0, 0.05) is 19.6 Å². The van der Waals surface area contributed by atoms with Crippen LogP contribution in [0.15, 0.2) is 0 Å². The minimum absolute atomic E-state index is 0.157. The van der Waals surface area contributed by atoms with Gasteiger partial charge in [0.05, 0.1) is 0 Å². The Morgan fingerprint density at radius 2 is 1.68 bits per heavy atom. The average molecular weight is 309 g/mol. The largest absolute Gasteiger partial charge is 0.444 e. The number of likely N-dealkylation sites (tertiary alicyclic amines) is 2. The molecule has 0 N–H and O–H groups in total. The molecule has 22 heavy (non-hydrogen) atoms. The van der Waals surface area contributed by atoms with Gasteiger partial charge in [-0.3, -0.25) is 0 Å². The molecular weight excluding hydrogens is 276 g/mol. The zero-order chi connectivity index (χ0) is 16.2. The number of carbonyl (C=O) groups excluding carboxylic acids is 1. The van der Waals surface area contributed by atoms with E-state index in [1.54, 1.807) is 0 Å². The summed E-state index contributed by atoms with van der Waals surface area (Å²) in [4.78, 5) is 16.5. The van der Waals surface area contributed by atoms with Gasteiger partial charge in [0.25, 0.3) is 0 Å². The molecule has 2 rings (SSSR count). The van der Waals surface area contributed by atoms with E-state index in [2.05, 4.69) is 18.2 Å². The van der Waals surface area contributed by atoms with Crippen molar-refractivity contribution in [3.05, 3.63) is 6.42 Å². The van der Waals surface area contributed by atoms with Crippen molar-refractivity contribution < 1.29 is 9.53 Å². The van der Waals surface area contributed by atoms with Crippen LogP contribution in [0.3, 0.4) is 0 Å². The van der Waals surface area contributed by atoms with E-state index < -0.39 is 5.60 Å². The lowest BCUT2D eigenvalue weighted by Gasteiger charge is -2.35. The molecule has 1 radical (unpaired) electrons. The molecule has 2 heterocycles. The SMILES string of the molecule is CC1CCN(C[CH]C2CCN(C(=O)OC(C)(C)C)CC2)CC1. The third-order valence-corrected chi connectivity index (χ3v) is 4.76. The number of rotatable bonds is 3. The third-order valence-electron chi connectivity index (χ3n) is 4.76. The highest BCUT2D eigenvalue weighted by Gasteiger charge is 2.27. The number of nitrogens with zero attached hydrogens (tertiary/aromatic N) is 2.